The van der Waals surface area contributed by atoms with E-state index in [2.05, 4.69) is 20.8 Å². The van der Waals surface area contributed by atoms with Crippen LogP contribution < -0.4 is 0 Å². The first kappa shape index (κ1) is 58.2. The van der Waals surface area contributed by atoms with Crippen LogP contribution in [0.1, 0.15) is 310 Å². The Balaban J connectivity index is 4.46. The van der Waals surface area contributed by atoms with Crippen molar-refractivity contribution in [3.63, 3.8) is 0 Å². The average molecular weight is 942 g/mol. The van der Waals surface area contributed by atoms with E-state index >= 15 is 0 Å². The SMILES string of the molecule is CCCCCCCCCCCCCCCCC(=O)[O][Sn]([CH3])([O]C(=O)CCCCCCCCCCCCCCCC)[O]C(=O)CCCCCCCCCCCCCCCC. The third kappa shape index (κ3) is 45.1. The Morgan fingerprint density at radius 3 is 0.542 bits per heavy atom. The molecule has 0 aliphatic carbocycles. The second kappa shape index (κ2) is 46.7. The maximum atomic E-state index is 13.0. The predicted molar refractivity (Wildman–Crippen MR) is 255 cm³/mol. The van der Waals surface area contributed by atoms with Gasteiger partial charge < -0.3 is 0 Å². The zero-order valence-corrected chi connectivity index (χ0v) is 43.1. The third-order valence-corrected chi connectivity index (χ3v) is 17.2. The van der Waals surface area contributed by atoms with Gasteiger partial charge in [0, 0.05) is 0 Å². The minimum Gasteiger partial charge on any atom is -0.0654 e. The fraction of sp³-hybridized carbons (Fsp3) is 0.942. The van der Waals surface area contributed by atoms with Crippen molar-refractivity contribution in [1.29, 1.82) is 0 Å². The van der Waals surface area contributed by atoms with E-state index in [0.717, 1.165) is 57.8 Å². The van der Waals surface area contributed by atoms with Gasteiger partial charge in [-0.2, -0.15) is 0 Å². The fourth-order valence-electron chi connectivity index (χ4n) is 8.23. The molecule has 59 heavy (non-hydrogen) atoms. The molecule has 0 aromatic carbocycles. The van der Waals surface area contributed by atoms with Gasteiger partial charge in [0.25, 0.3) is 0 Å². The Bertz CT molecular complexity index is 797. The Morgan fingerprint density at radius 2 is 0.390 bits per heavy atom. The van der Waals surface area contributed by atoms with Crippen molar-refractivity contribution in [2.75, 3.05) is 0 Å². The molecular formula is C52H102O6Sn. The molecule has 0 radical (unpaired) electrons. The Labute approximate surface area is 373 Å². The van der Waals surface area contributed by atoms with Crippen LogP contribution in [0.4, 0.5) is 0 Å². The van der Waals surface area contributed by atoms with E-state index in [9.17, 15) is 14.4 Å². The summed E-state index contributed by atoms with van der Waals surface area (Å²) in [5.74, 6) is -1.18. The molecule has 0 aromatic heterocycles. The number of rotatable bonds is 48. The molecular weight excluding hydrogens is 839 g/mol. The predicted octanol–water partition coefficient (Wildman–Crippen LogP) is 17.8. The molecule has 0 saturated carbocycles. The number of carbonyl (C=O) groups excluding carboxylic acids is 3. The van der Waals surface area contributed by atoms with Crippen molar-refractivity contribution in [2.45, 2.75) is 315 Å². The molecule has 0 spiro atoms. The monoisotopic (exact) mass is 943 g/mol. The van der Waals surface area contributed by atoms with E-state index in [1.165, 1.54) is 212 Å². The van der Waals surface area contributed by atoms with Gasteiger partial charge in [0.05, 0.1) is 0 Å². The van der Waals surface area contributed by atoms with Crippen LogP contribution in [-0.4, -0.2) is 37.5 Å². The standard InChI is InChI=1S/3C17H34O2.CH3.Sn/c3*1-2-3-4-5-6-7-8-9-10-11-12-13-14-15-16-17(18)19;;/h3*2-16H2,1H3,(H,18,19);1H3;/q;;;;+3/p-3. The summed E-state index contributed by atoms with van der Waals surface area (Å²) >= 11 is -4.72. The van der Waals surface area contributed by atoms with E-state index in [-0.39, 0.29) is 19.3 Å². The van der Waals surface area contributed by atoms with Crippen molar-refractivity contribution in [3.8, 4) is 0 Å². The van der Waals surface area contributed by atoms with Crippen LogP contribution >= 0.6 is 0 Å². The molecule has 0 N–H and O–H groups in total. The molecule has 0 saturated heterocycles. The number of unbranched alkanes of at least 4 members (excludes halogenated alkanes) is 39. The molecule has 0 amide bonds. The average Bonchev–Trinajstić information content (AvgIpc) is 3.21. The van der Waals surface area contributed by atoms with Gasteiger partial charge in [-0.25, -0.2) is 0 Å². The minimum absolute atomic E-state index is 0.275. The van der Waals surface area contributed by atoms with Gasteiger partial charge in [-0.1, -0.05) is 117 Å². The molecule has 6 nitrogen and oxygen atoms in total. The zero-order chi connectivity index (χ0) is 43.2. The summed E-state index contributed by atoms with van der Waals surface area (Å²) in [6, 6.07) is 0. The molecule has 0 heterocycles. The molecule has 0 aromatic rings. The fourth-order valence-corrected chi connectivity index (χ4v) is 13.0. The van der Waals surface area contributed by atoms with Gasteiger partial charge >= 0.3 is 259 Å². The van der Waals surface area contributed by atoms with Gasteiger partial charge in [0.15, 0.2) is 0 Å². The van der Waals surface area contributed by atoms with Crippen LogP contribution in [0.2, 0.25) is 4.94 Å². The summed E-state index contributed by atoms with van der Waals surface area (Å²) in [7, 11) is 0. The second-order valence-electron chi connectivity index (χ2n) is 18.3. The first-order valence-electron chi connectivity index (χ1n) is 26.5. The van der Waals surface area contributed by atoms with Crippen LogP contribution in [0.3, 0.4) is 0 Å². The van der Waals surface area contributed by atoms with E-state index in [1.807, 2.05) is 0 Å². The Hall–Kier alpha value is -0.791. The quantitative estimate of drug-likeness (QED) is 0.0447. The van der Waals surface area contributed by atoms with Crippen molar-refractivity contribution < 1.29 is 23.6 Å². The van der Waals surface area contributed by atoms with Gasteiger partial charge in [0.1, 0.15) is 0 Å². The minimum atomic E-state index is -4.72. The summed E-state index contributed by atoms with van der Waals surface area (Å²) in [6.45, 7) is 6.81. The van der Waals surface area contributed by atoms with E-state index in [1.54, 1.807) is 4.94 Å². The summed E-state index contributed by atoms with van der Waals surface area (Å²) in [5, 5.41) is 0. The van der Waals surface area contributed by atoms with E-state index < -0.39 is 37.5 Å². The number of carbonyl (C=O) groups is 3. The molecule has 0 aliphatic rings. The Morgan fingerprint density at radius 1 is 0.254 bits per heavy atom. The van der Waals surface area contributed by atoms with Crippen molar-refractivity contribution in [3.05, 3.63) is 0 Å². The van der Waals surface area contributed by atoms with Gasteiger partial charge in [-0.15, -0.1) is 0 Å². The normalized spacial score (nSPS) is 11.6. The van der Waals surface area contributed by atoms with Crippen LogP contribution in [0.25, 0.3) is 0 Å². The third-order valence-electron chi connectivity index (χ3n) is 12.1. The Kier molecular flexibility index (Phi) is 46.1. The maximum absolute atomic E-state index is 13.0. The van der Waals surface area contributed by atoms with E-state index in [4.69, 9.17) is 9.22 Å². The molecule has 7 heteroatoms. The molecule has 0 bridgehead atoms. The summed E-state index contributed by atoms with van der Waals surface area (Å²) in [6.07, 6.45) is 53.5. The molecule has 0 unspecified atom stereocenters. The molecule has 350 valence electrons. The molecule has 0 aliphatic heterocycles. The molecule has 0 fully saturated rings. The molecule has 0 rings (SSSR count). The summed E-state index contributed by atoms with van der Waals surface area (Å²) in [4.78, 5) is 40.6. The number of hydrogen-bond donors (Lipinski definition) is 0. The van der Waals surface area contributed by atoms with Crippen molar-refractivity contribution in [2.24, 2.45) is 0 Å². The first-order valence-corrected chi connectivity index (χ1v) is 32.9. The van der Waals surface area contributed by atoms with Gasteiger partial charge in [-0.3, -0.25) is 0 Å². The van der Waals surface area contributed by atoms with Crippen LogP contribution in [0, 0.1) is 0 Å². The summed E-state index contributed by atoms with van der Waals surface area (Å²) < 4.78 is 17.5. The summed E-state index contributed by atoms with van der Waals surface area (Å²) in [5.41, 5.74) is 0. The van der Waals surface area contributed by atoms with Gasteiger partial charge in [0.2, 0.25) is 0 Å². The topological polar surface area (TPSA) is 78.9 Å². The van der Waals surface area contributed by atoms with E-state index in [0.29, 0.717) is 0 Å². The zero-order valence-electron chi connectivity index (χ0n) is 40.3. The van der Waals surface area contributed by atoms with Crippen LogP contribution in [-0.2, 0) is 23.6 Å². The van der Waals surface area contributed by atoms with Crippen molar-refractivity contribution >= 4 is 37.5 Å². The van der Waals surface area contributed by atoms with Gasteiger partial charge in [-0.05, 0) is 0 Å². The smallest absolute Gasteiger partial charge is 0.0654 e. The molecule has 0 atom stereocenters. The second-order valence-corrected chi connectivity index (χ2v) is 25.0. The van der Waals surface area contributed by atoms with Crippen molar-refractivity contribution in [1.82, 2.24) is 0 Å². The van der Waals surface area contributed by atoms with Crippen LogP contribution in [0.15, 0.2) is 0 Å². The first-order chi connectivity index (χ1) is 28.9. The van der Waals surface area contributed by atoms with Crippen LogP contribution in [0.5, 0.6) is 0 Å². The number of hydrogen-bond acceptors (Lipinski definition) is 6.